The molecule has 5 nitrogen and oxygen atoms in total. The SMILES string of the molecule is C[C@H]1CN(C2=NC(=O)C(=Cc3cccc(-c4cc(F)c(O)c(C56CC7CC(CC(C7)C5)C6)c4)c3)S2)C[C@H](C)O1. The number of carbonyl (C=O) groups is 1. The Balaban J connectivity index is 1.17. The quantitative estimate of drug-likeness (QED) is 0.432. The summed E-state index contributed by atoms with van der Waals surface area (Å²) in [5.41, 5.74) is 3.21. The van der Waals surface area contributed by atoms with Gasteiger partial charge in [0.05, 0.1) is 17.1 Å². The summed E-state index contributed by atoms with van der Waals surface area (Å²) < 4.78 is 21.1. The molecule has 4 saturated carbocycles. The number of aliphatic imine (C=N–C) groups is 1. The molecule has 0 aromatic heterocycles. The molecule has 2 heterocycles. The second-order valence-electron chi connectivity index (χ2n) is 12.7. The fourth-order valence-electron chi connectivity index (χ4n) is 8.44. The Bertz CT molecular complexity index is 1360. The number of hydrogen-bond donors (Lipinski definition) is 1. The van der Waals surface area contributed by atoms with Gasteiger partial charge in [0.2, 0.25) is 0 Å². The van der Waals surface area contributed by atoms with Gasteiger partial charge >= 0.3 is 0 Å². The standard InChI is InChI=1S/C32H35FN2O3S/c1-18-16-35(17-19(2)38-18)31-34-30(37)28(39-31)10-20-4-3-5-24(9-20)25-11-26(29(36)27(33)12-25)32-13-21-6-22(14-32)8-23(7-21)15-32/h3-5,9-12,18-19,21-23,36H,6-8,13-17H2,1-2H3/t18-,19-,21?,22?,23?,32?/m0/s1. The van der Waals surface area contributed by atoms with Gasteiger partial charge in [-0.2, -0.15) is 4.99 Å². The first kappa shape index (κ1) is 25.3. The molecule has 204 valence electrons. The number of nitrogens with zero attached hydrogens (tertiary/aromatic N) is 2. The first-order valence-corrected chi connectivity index (χ1v) is 15.1. The summed E-state index contributed by atoms with van der Waals surface area (Å²) in [5.74, 6) is 1.17. The highest BCUT2D eigenvalue weighted by Crippen LogP contribution is 2.62. The van der Waals surface area contributed by atoms with E-state index in [1.807, 2.05) is 50.3 Å². The zero-order valence-electron chi connectivity index (χ0n) is 22.5. The van der Waals surface area contributed by atoms with E-state index in [0.717, 1.165) is 46.7 Å². The Kier molecular flexibility index (Phi) is 6.16. The highest BCUT2D eigenvalue weighted by molar-refractivity contribution is 8.18. The predicted octanol–water partition coefficient (Wildman–Crippen LogP) is 6.75. The van der Waals surface area contributed by atoms with E-state index in [4.69, 9.17) is 4.74 Å². The summed E-state index contributed by atoms with van der Waals surface area (Å²) in [6, 6.07) is 11.3. The predicted molar refractivity (Wildman–Crippen MR) is 153 cm³/mol. The number of phenols is 1. The van der Waals surface area contributed by atoms with Crippen LogP contribution in [0.25, 0.3) is 17.2 Å². The minimum absolute atomic E-state index is 0.0888. The van der Waals surface area contributed by atoms with E-state index in [2.05, 4.69) is 9.89 Å². The van der Waals surface area contributed by atoms with Gasteiger partial charge in [0.1, 0.15) is 0 Å². The maximum atomic E-state index is 15.2. The summed E-state index contributed by atoms with van der Waals surface area (Å²) >= 11 is 1.40. The highest BCUT2D eigenvalue weighted by atomic mass is 32.2. The molecule has 2 aromatic carbocycles. The van der Waals surface area contributed by atoms with Crippen LogP contribution in [0, 0.1) is 23.6 Å². The van der Waals surface area contributed by atoms with Gasteiger partial charge in [0, 0.05) is 18.7 Å². The minimum atomic E-state index is -0.546. The molecule has 2 aliphatic heterocycles. The number of morpholine rings is 1. The van der Waals surface area contributed by atoms with Gasteiger partial charge < -0.3 is 14.7 Å². The van der Waals surface area contributed by atoms with Gasteiger partial charge in [0.25, 0.3) is 5.91 Å². The van der Waals surface area contributed by atoms with Crippen LogP contribution in [-0.4, -0.2) is 46.4 Å². The van der Waals surface area contributed by atoms with Crippen LogP contribution in [0.4, 0.5) is 4.39 Å². The molecule has 7 heteroatoms. The maximum Gasteiger partial charge on any atom is 0.286 e. The van der Waals surface area contributed by atoms with Crippen molar-refractivity contribution in [2.24, 2.45) is 22.7 Å². The van der Waals surface area contributed by atoms with E-state index in [1.165, 1.54) is 37.1 Å². The van der Waals surface area contributed by atoms with Crippen LogP contribution in [0.1, 0.15) is 63.5 Å². The molecule has 4 aliphatic carbocycles. The summed E-state index contributed by atoms with van der Waals surface area (Å²) in [7, 11) is 0. The Morgan fingerprint density at radius 1 is 1.03 bits per heavy atom. The number of thioether (sulfide) groups is 1. The lowest BCUT2D eigenvalue weighted by Crippen LogP contribution is -2.48. The topological polar surface area (TPSA) is 62.1 Å². The van der Waals surface area contributed by atoms with Crippen molar-refractivity contribution in [2.75, 3.05) is 13.1 Å². The molecule has 0 radical (unpaired) electrons. The molecular formula is C32H35FN2O3S. The van der Waals surface area contributed by atoms with Crippen molar-refractivity contribution < 1.29 is 19.0 Å². The fourth-order valence-corrected chi connectivity index (χ4v) is 9.37. The Hall–Kier alpha value is -2.64. The second-order valence-corrected chi connectivity index (χ2v) is 13.7. The van der Waals surface area contributed by atoms with Gasteiger partial charge in [0.15, 0.2) is 16.7 Å². The molecule has 6 aliphatic rings. The monoisotopic (exact) mass is 546 g/mol. The van der Waals surface area contributed by atoms with E-state index < -0.39 is 5.82 Å². The molecule has 1 N–H and O–H groups in total. The molecule has 39 heavy (non-hydrogen) atoms. The van der Waals surface area contributed by atoms with Crippen molar-refractivity contribution >= 4 is 28.9 Å². The number of amides is 1. The third-order valence-corrected chi connectivity index (χ3v) is 10.5. The van der Waals surface area contributed by atoms with Gasteiger partial charge in [-0.3, -0.25) is 4.79 Å². The third kappa shape index (κ3) is 4.61. The Morgan fingerprint density at radius 2 is 1.69 bits per heavy atom. The zero-order chi connectivity index (χ0) is 26.9. The largest absolute Gasteiger partial charge is 0.505 e. The lowest BCUT2D eigenvalue weighted by atomic mass is 9.48. The molecule has 0 spiro atoms. The first-order chi connectivity index (χ1) is 18.7. The number of hydrogen-bond acceptors (Lipinski definition) is 5. The average molecular weight is 547 g/mol. The van der Waals surface area contributed by atoms with Crippen molar-refractivity contribution in [1.82, 2.24) is 4.90 Å². The smallest absolute Gasteiger partial charge is 0.286 e. The number of aromatic hydroxyl groups is 1. The lowest BCUT2D eigenvalue weighted by molar-refractivity contribution is -0.113. The Labute approximate surface area is 233 Å². The highest BCUT2D eigenvalue weighted by Gasteiger charge is 2.52. The number of carbonyl (C=O) groups excluding carboxylic acids is 1. The Morgan fingerprint density at radius 3 is 2.36 bits per heavy atom. The summed E-state index contributed by atoms with van der Waals surface area (Å²) in [5, 5.41) is 11.6. The summed E-state index contributed by atoms with van der Waals surface area (Å²) in [6.07, 6.45) is 9.12. The molecule has 0 unspecified atom stereocenters. The van der Waals surface area contributed by atoms with Crippen LogP contribution in [0.2, 0.25) is 0 Å². The maximum absolute atomic E-state index is 15.2. The number of rotatable bonds is 3. The van der Waals surface area contributed by atoms with Crippen molar-refractivity contribution in [3.8, 4) is 16.9 Å². The normalized spacial score (nSPS) is 34.7. The van der Waals surface area contributed by atoms with Crippen LogP contribution < -0.4 is 0 Å². The van der Waals surface area contributed by atoms with E-state index in [0.29, 0.717) is 35.7 Å². The van der Waals surface area contributed by atoms with Crippen molar-refractivity contribution in [1.29, 1.82) is 0 Å². The third-order valence-electron chi connectivity index (χ3n) is 9.49. The minimum Gasteiger partial charge on any atom is -0.505 e. The molecule has 2 aromatic rings. The van der Waals surface area contributed by atoms with E-state index >= 15 is 4.39 Å². The van der Waals surface area contributed by atoms with E-state index in [9.17, 15) is 9.90 Å². The molecule has 2 atom stereocenters. The van der Waals surface area contributed by atoms with Crippen molar-refractivity contribution in [3.05, 3.63) is 58.2 Å². The van der Waals surface area contributed by atoms with Gasteiger partial charge in [-0.05, 0) is 128 Å². The van der Waals surface area contributed by atoms with Crippen LogP contribution in [0.15, 0.2) is 46.3 Å². The molecule has 4 bridgehead atoms. The second kappa shape index (κ2) is 9.48. The van der Waals surface area contributed by atoms with Gasteiger partial charge in [-0.15, -0.1) is 0 Å². The van der Waals surface area contributed by atoms with Crippen LogP contribution >= 0.6 is 11.8 Å². The molecule has 1 saturated heterocycles. The first-order valence-electron chi connectivity index (χ1n) is 14.3. The lowest BCUT2D eigenvalue weighted by Gasteiger charge is -2.57. The van der Waals surface area contributed by atoms with Crippen molar-refractivity contribution in [3.63, 3.8) is 0 Å². The van der Waals surface area contributed by atoms with Gasteiger partial charge in [-0.25, -0.2) is 4.39 Å². The van der Waals surface area contributed by atoms with E-state index in [-0.39, 0.29) is 29.3 Å². The molecule has 1 amide bonds. The number of ether oxygens (including phenoxy) is 1. The number of amidine groups is 1. The number of benzene rings is 2. The van der Waals surface area contributed by atoms with E-state index in [1.54, 1.807) is 0 Å². The molecule has 5 fully saturated rings. The van der Waals surface area contributed by atoms with Crippen LogP contribution in [0.5, 0.6) is 5.75 Å². The number of halogens is 1. The summed E-state index contributed by atoms with van der Waals surface area (Å²) in [4.78, 5) is 19.8. The average Bonchev–Trinajstić information content (AvgIpc) is 3.24. The van der Waals surface area contributed by atoms with Gasteiger partial charge in [-0.1, -0.05) is 18.2 Å². The zero-order valence-corrected chi connectivity index (χ0v) is 23.3. The fraction of sp³-hybridized carbons (Fsp3) is 0.500. The molecular weight excluding hydrogens is 511 g/mol. The van der Waals surface area contributed by atoms with Crippen LogP contribution in [-0.2, 0) is 14.9 Å². The van der Waals surface area contributed by atoms with Crippen molar-refractivity contribution in [2.45, 2.75) is 70.0 Å². The summed E-state index contributed by atoms with van der Waals surface area (Å²) in [6.45, 7) is 5.50. The van der Waals surface area contributed by atoms with Crippen LogP contribution in [0.3, 0.4) is 0 Å². The number of phenolic OH excluding ortho intramolecular Hbond substituents is 1. The molecule has 8 rings (SSSR count).